The first kappa shape index (κ1) is 7.60. The van der Waals surface area contributed by atoms with Crippen molar-refractivity contribution in [3.63, 3.8) is 0 Å². The Morgan fingerprint density at radius 3 is 2.62 bits per heavy atom. The van der Waals surface area contributed by atoms with Gasteiger partial charge in [0.15, 0.2) is 11.5 Å². The fraction of sp³-hybridized carbons (Fsp3) is 0. The van der Waals surface area contributed by atoms with Gasteiger partial charge >= 0.3 is 5.88 Å². The molecule has 0 saturated carbocycles. The van der Waals surface area contributed by atoms with Crippen LogP contribution >= 0.6 is 0 Å². The topological polar surface area (TPSA) is 61.6 Å². The highest BCUT2D eigenvalue weighted by Crippen LogP contribution is 2.31. The Morgan fingerprint density at radius 1 is 1.23 bits per heavy atom. The van der Waals surface area contributed by atoms with Gasteiger partial charge in [-0.3, -0.25) is 10.1 Å². The van der Waals surface area contributed by atoms with Crippen LogP contribution in [0.3, 0.4) is 0 Å². The van der Waals surface area contributed by atoms with Crippen LogP contribution in [0.25, 0.3) is 0 Å². The molecule has 0 unspecified atom stereocenters. The third-order valence-corrected chi connectivity index (χ3v) is 1.53. The van der Waals surface area contributed by atoms with E-state index in [2.05, 4.69) is 0 Å². The van der Waals surface area contributed by atoms with Gasteiger partial charge in [-0.1, -0.05) is 12.1 Å². The van der Waals surface area contributed by atoms with Gasteiger partial charge in [0, 0.05) is 0 Å². The van der Waals surface area contributed by atoms with Crippen molar-refractivity contribution in [2.24, 2.45) is 0 Å². The molecule has 2 rings (SSSR count). The maximum absolute atomic E-state index is 10.3. The summed E-state index contributed by atoms with van der Waals surface area (Å²) in [6.45, 7) is 0. The summed E-state index contributed by atoms with van der Waals surface area (Å²) in [5.41, 5.74) is 0. The molecule has 0 fully saturated rings. The third-order valence-electron chi connectivity index (χ3n) is 1.53. The second kappa shape index (κ2) is 2.78. The third kappa shape index (κ3) is 1.31. The summed E-state index contributed by atoms with van der Waals surface area (Å²) in [5.74, 6) is 0.434. The van der Waals surface area contributed by atoms with E-state index >= 15 is 0 Å². The van der Waals surface area contributed by atoms with Gasteiger partial charge in [0.25, 0.3) is 0 Å². The standard InChI is InChI=1S/C8H5NO4/c10-9(11)8-5-12-6-3-1-2-4-7(6)13-8/h1-5H. The monoisotopic (exact) mass is 179 g/mol. The van der Waals surface area contributed by atoms with Crippen molar-refractivity contribution in [1.29, 1.82) is 0 Å². The molecular weight excluding hydrogens is 174 g/mol. The van der Waals surface area contributed by atoms with Crippen LogP contribution in [0.4, 0.5) is 0 Å². The summed E-state index contributed by atoms with van der Waals surface area (Å²) in [7, 11) is 0. The van der Waals surface area contributed by atoms with Crippen LogP contribution in [-0.2, 0) is 0 Å². The molecule has 0 amide bonds. The maximum atomic E-state index is 10.3. The molecule has 1 aromatic rings. The molecule has 66 valence electrons. The molecule has 13 heavy (non-hydrogen) atoms. The maximum Gasteiger partial charge on any atom is 0.469 e. The largest absolute Gasteiger partial charge is 0.469 e. The molecule has 1 aromatic carbocycles. The van der Waals surface area contributed by atoms with E-state index in [1.807, 2.05) is 0 Å². The lowest BCUT2D eigenvalue weighted by atomic mass is 10.3. The van der Waals surface area contributed by atoms with Crippen LogP contribution in [0, 0.1) is 10.1 Å². The first-order chi connectivity index (χ1) is 6.27. The minimum atomic E-state index is -0.643. The SMILES string of the molecule is O=[N+]([O-])C1=COc2ccccc2O1. The molecular formula is C8H5NO4. The van der Waals surface area contributed by atoms with Gasteiger partial charge in [-0.25, -0.2) is 0 Å². The first-order valence-electron chi connectivity index (χ1n) is 3.55. The van der Waals surface area contributed by atoms with Gasteiger partial charge in [-0.05, 0) is 12.1 Å². The number of para-hydroxylation sites is 2. The Bertz CT molecular complexity index is 385. The normalized spacial score (nSPS) is 13.4. The van der Waals surface area contributed by atoms with Gasteiger partial charge in [0.1, 0.15) is 4.92 Å². The predicted octanol–water partition coefficient (Wildman–Crippen LogP) is 1.53. The molecule has 1 aliphatic heterocycles. The van der Waals surface area contributed by atoms with Crippen LogP contribution in [0.2, 0.25) is 0 Å². The van der Waals surface area contributed by atoms with Crippen molar-refractivity contribution in [2.75, 3.05) is 0 Å². The molecule has 0 aliphatic carbocycles. The number of hydrogen-bond acceptors (Lipinski definition) is 4. The highest BCUT2D eigenvalue weighted by molar-refractivity contribution is 5.42. The Balaban J connectivity index is 2.33. The van der Waals surface area contributed by atoms with Crippen molar-refractivity contribution >= 4 is 0 Å². The van der Waals surface area contributed by atoms with Crippen molar-refractivity contribution in [3.8, 4) is 11.5 Å². The van der Waals surface area contributed by atoms with E-state index < -0.39 is 10.8 Å². The Hall–Kier alpha value is -2.04. The van der Waals surface area contributed by atoms with Crippen LogP contribution in [-0.4, -0.2) is 4.92 Å². The highest BCUT2D eigenvalue weighted by atomic mass is 16.7. The van der Waals surface area contributed by atoms with E-state index in [9.17, 15) is 10.1 Å². The molecule has 5 heteroatoms. The molecule has 0 aromatic heterocycles. The molecule has 0 spiro atoms. The van der Waals surface area contributed by atoms with Crippen LogP contribution in [0.5, 0.6) is 11.5 Å². The number of nitrogens with zero attached hydrogens (tertiary/aromatic N) is 1. The van der Waals surface area contributed by atoms with Crippen LogP contribution in [0.1, 0.15) is 0 Å². The smallest absolute Gasteiger partial charge is 0.450 e. The quantitative estimate of drug-likeness (QED) is 0.484. The summed E-state index contributed by atoms with van der Waals surface area (Å²) in [4.78, 5) is 9.65. The van der Waals surface area contributed by atoms with Crippen molar-refractivity contribution in [2.45, 2.75) is 0 Å². The summed E-state index contributed by atoms with van der Waals surface area (Å²) < 4.78 is 9.90. The number of nitro groups is 1. The van der Waals surface area contributed by atoms with Crippen molar-refractivity contribution in [3.05, 3.63) is 46.5 Å². The number of ether oxygens (including phenoxy) is 2. The van der Waals surface area contributed by atoms with Gasteiger partial charge in [-0.2, -0.15) is 0 Å². The first-order valence-corrected chi connectivity index (χ1v) is 3.55. The average Bonchev–Trinajstić information content (AvgIpc) is 2.17. The zero-order valence-electron chi connectivity index (χ0n) is 6.47. The fourth-order valence-electron chi connectivity index (χ4n) is 0.963. The summed E-state index contributed by atoms with van der Waals surface area (Å²) in [5, 5.41) is 10.3. The lowest BCUT2D eigenvalue weighted by Crippen LogP contribution is -2.12. The minimum Gasteiger partial charge on any atom is -0.450 e. The molecule has 0 bridgehead atoms. The Morgan fingerprint density at radius 2 is 1.92 bits per heavy atom. The molecule has 0 radical (unpaired) electrons. The van der Waals surface area contributed by atoms with E-state index in [1.165, 1.54) is 0 Å². The zero-order chi connectivity index (χ0) is 9.26. The lowest BCUT2D eigenvalue weighted by molar-refractivity contribution is -0.456. The molecule has 0 atom stereocenters. The minimum absolute atomic E-state index is 0.358. The van der Waals surface area contributed by atoms with Crippen molar-refractivity contribution in [1.82, 2.24) is 0 Å². The molecule has 0 saturated heterocycles. The highest BCUT2D eigenvalue weighted by Gasteiger charge is 2.21. The summed E-state index contributed by atoms with van der Waals surface area (Å²) in [6, 6.07) is 6.74. The summed E-state index contributed by atoms with van der Waals surface area (Å²) in [6.07, 6.45) is 0.975. The number of rotatable bonds is 1. The number of fused-ring (bicyclic) bond motifs is 1. The number of benzene rings is 1. The molecule has 1 heterocycles. The molecule has 1 aliphatic rings. The van der Waals surface area contributed by atoms with Crippen LogP contribution in [0.15, 0.2) is 36.4 Å². The molecule has 5 nitrogen and oxygen atoms in total. The van der Waals surface area contributed by atoms with E-state index in [0.717, 1.165) is 6.26 Å². The van der Waals surface area contributed by atoms with Gasteiger partial charge in [0.2, 0.25) is 6.26 Å². The van der Waals surface area contributed by atoms with E-state index in [0.29, 0.717) is 11.5 Å². The number of hydrogen-bond donors (Lipinski definition) is 0. The second-order valence-corrected chi connectivity index (χ2v) is 2.38. The van der Waals surface area contributed by atoms with Gasteiger partial charge in [-0.15, -0.1) is 0 Å². The molecule has 0 N–H and O–H groups in total. The lowest BCUT2D eigenvalue weighted by Gasteiger charge is -2.11. The van der Waals surface area contributed by atoms with Gasteiger partial charge in [0.05, 0.1) is 0 Å². The van der Waals surface area contributed by atoms with Crippen LogP contribution < -0.4 is 9.47 Å². The van der Waals surface area contributed by atoms with Crippen molar-refractivity contribution < 1.29 is 14.4 Å². The Labute approximate surface area is 73.3 Å². The Kier molecular flexibility index (Phi) is 1.63. The zero-order valence-corrected chi connectivity index (χ0v) is 6.47. The van der Waals surface area contributed by atoms with E-state index in [-0.39, 0.29) is 0 Å². The van der Waals surface area contributed by atoms with E-state index in [4.69, 9.17) is 9.47 Å². The second-order valence-electron chi connectivity index (χ2n) is 2.38. The summed E-state index contributed by atoms with van der Waals surface area (Å²) >= 11 is 0. The fourth-order valence-corrected chi connectivity index (χ4v) is 0.963. The van der Waals surface area contributed by atoms with E-state index in [1.54, 1.807) is 24.3 Å². The average molecular weight is 179 g/mol. The predicted molar refractivity (Wildman–Crippen MR) is 42.8 cm³/mol. The van der Waals surface area contributed by atoms with Gasteiger partial charge < -0.3 is 9.47 Å².